The molecule has 1 saturated carbocycles. The number of hydrogen-bond acceptors (Lipinski definition) is 5. The molecule has 1 spiro atoms. The van der Waals surface area contributed by atoms with E-state index in [1.54, 1.807) is 32.4 Å². The maximum absolute atomic E-state index is 13.1. The number of methoxy groups -OCH3 is 2. The Bertz CT molecular complexity index is 831. The van der Waals surface area contributed by atoms with E-state index >= 15 is 0 Å². The molecule has 3 rings (SSSR count). The van der Waals surface area contributed by atoms with Crippen LogP contribution in [0.2, 0.25) is 0 Å². The first-order valence-electron chi connectivity index (χ1n) is 10.2. The van der Waals surface area contributed by atoms with E-state index in [0.717, 1.165) is 16.9 Å². The Hall–Kier alpha value is -2.77. The van der Waals surface area contributed by atoms with Gasteiger partial charge in [-0.2, -0.15) is 0 Å². The molecule has 2 unspecified atom stereocenters. The average Bonchev–Trinajstić information content (AvgIpc) is 2.87. The van der Waals surface area contributed by atoms with Crippen molar-refractivity contribution in [2.75, 3.05) is 20.8 Å². The monoisotopic (exact) mass is 417 g/mol. The van der Waals surface area contributed by atoms with Gasteiger partial charge < -0.3 is 20.1 Å². The number of hydrogen-bond donors (Lipinski definition) is 2. The molecule has 1 aromatic carbocycles. The summed E-state index contributed by atoms with van der Waals surface area (Å²) in [6.07, 6.45) is 2.18. The Morgan fingerprint density at radius 3 is 2.37 bits per heavy atom. The number of carbonyl (C=O) groups excluding carboxylic acids is 3. The summed E-state index contributed by atoms with van der Waals surface area (Å²) >= 11 is 0. The normalized spacial score (nSPS) is 25.2. The van der Waals surface area contributed by atoms with Crippen LogP contribution in [0.25, 0.3) is 0 Å². The number of rotatable bonds is 6. The third-order valence-corrected chi connectivity index (χ3v) is 5.83. The molecule has 1 aromatic rings. The van der Waals surface area contributed by atoms with E-state index in [-0.39, 0.29) is 24.4 Å². The molecule has 1 heterocycles. The number of benzene rings is 1. The second-order valence-corrected chi connectivity index (χ2v) is 9.26. The van der Waals surface area contributed by atoms with Crippen molar-refractivity contribution in [2.24, 2.45) is 11.3 Å². The van der Waals surface area contributed by atoms with Crippen molar-refractivity contribution in [3.63, 3.8) is 0 Å². The Kier molecular flexibility index (Phi) is 5.97. The second kappa shape index (κ2) is 8.16. The largest absolute Gasteiger partial charge is 0.497 e. The highest BCUT2D eigenvalue weighted by atomic mass is 16.5. The molecule has 30 heavy (non-hydrogen) atoms. The summed E-state index contributed by atoms with van der Waals surface area (Å²) in [6, 6.07) is 4.82. The van der Waals surface area contributed by atoms with Crippen molar-refractivity contribution in [1.82, 2.24) is 15.5 Å². The summed E-state index contributed by atoms with van der Waals surface area (Å²) < 4.78 is 10.5. The summed E-state index contributed by atoms with van der Waals surface area (Å²) in [5, 5.41) is 5.65. The second-order valence-electron chi connectivity index (χ2n) is 9.26. The number of nitrogens with zero attached hydrogens (tertiary/aromatic N) is 1. The highest BCUT2D eigenvalue weighted by Crippen LogP contribution is 2.46. The van der Waals surface area contributed by atoms with Gasteiger partial charge in [0.25, 0.3) is 5.91 Å². The molecule has 4 amide bonds. The van der Waals surface area contributed by atoms with Crippen LogP contribution in [0, 0.1) is 11.3 Å². The van der Waals surface area contributed by atoms with Gasteiger partial charge in [0.15, 0.2) is 0 Å². The van der Waals surface area contributed by atoms with E-state index < -0.39 is 17.5 Å². The third kappa shape index (κ3) is 4.52. The standard InChI is InChI=1S/C22H31N3O5/c1-14-9-21(2,3)13-22(10-14)19(27)25(20(28)24-22)12-18(26)23-11-15-6-16(29-4)8-17(7-15)30-5/h6-8,14H,9-13H2,1-5H3,(H,23,26)(H,24,28). The highest BCUT2D eigenvalue weighted by molar-refractivity contribution is 6.09. The lowest BCUT2D eigenvalue weighted by Crippen LogP contribution is -2.54. The first-order valence-corrected chi connectivity index (χ1v) is 10.2. The van der Waals surface area contributed by atoms with Crippen LogP contribution in [0.3, 0.4) is 0 Å². The number of amides is 4. The Labute approximate surface area is 177 Å². The number of urea groups is 1. The number of carbonyl (C=O) groups is 3. The minimum absolute atomic E-state index is 0.0513. The smallest absolute Gasteiger partial charge is 0.325 e. The van der Waals surface area contributed by atoms with E-state index in [2.05, 4.69) is 31.4 Å². The molecule has 2 N–H and O–H groups in total. The molecule has 8 heteroatoms. The summed E-state index contributed by atoms with van der Waals surface area (Å²) in [5.74, 6) is 0.841. The van der Waals surface area contributed by atoms with Crippen LogP contribution < -0.4 is 20.1 Å². The summed E-state index contributed by atoms with van der Waals surface area (Å²) in [5.41, 5.74) is -0.167. The van der Waals surface area contributed by atoms with Crippen molar-refractivity contribution < 1.29 is 23.9 Å². The highest BCUT2D eigenvalue weighted by Gasteiger charge is 2.56. The Morgan fingerprint density at radius 2 is 1.80 bits per heavy atom. The van der Waals surface area contributed by atoms with Gasteiger partial charge in [0.1, 0.15) is 23.6 Å². The van der Waals surface area contributed by atoms with E-state index in [4.69, 9.17) is 9.47 Å². The van der Waals surface area contributed by atoms with Crippen LogP contribution in [0.15, 0.2) is 18.2 Å². The van der Waals surface area contributed by atoms with Gasteiger partial charge in [-0.1, -0.05) is 20.8 Å². The molecular formula is C22H31N3O5. The zero-order valence-corrected chi connectivity index (χ0v) is 18.3. The Morgan fingerprint density at radius 1 is 1.17 bits per heavy atom. The van der Waals surface area contributed by atoms with Crippen molar-refractivity contribution >= 4 is 17.8 Å². The predicted molar refractivity (Wildman–Crippen MR) is 111 cm³/mol. The lowest BCUT2D eigenvalue weighted by atomic mass is 9.64. The molecule has 2 atom stereocenters. The molecule has 2 aliphatic rings. The van der Waals surface area contributed by atoms with E-state index in [9.17, 15) is 14.4 Å². The first-order chi connectivity index (χ1) is 14.1. The lowest BCUT2D eigenvalue weighted by Gasteiger charge is -2.43. The van der Waals surface area contributed by atoms with E-state index in [1.165, 1.54) is 0 Å². The minimum Gasteiger partial charge on any atom is -0.497 e. The quantitative estimate of drug-likeness (QED) is 0.693. The van der Waals surface area contributed by atoms with Crippen molar-refractivity contribution in [3.05, 3.63) is 23.8 Å². The minimum atomic E-state index is -0.904. The van der Waals surface area contributed by atoms with Gasteiger partial charge in [-0.15, -0.1) is 0 Å². The third-order valence-electron chi connectivity index (χ3n) is 5.83. The Balaban J connectivity index is 1.64. The predicted octanol–water partition coefficient (Wildman–Crippen LogP) is 2.46. The molecule has 1 aliphatic heterocycles. The van der Waals surface area contributed by atoms with Gasteiger partial charge in [-0.05, 0) is 48.3 Å². The fourth-order valence-electron chi connectivity index (χ4n) is 5.02. The number of imide groups is 1. The van der Waals surface area contributed by atoms with Gasteiger partial charge in [0.05, 0.1) is 14.2 Å². The topological polar surface area (TPSA) is 97.0 Å². The first kappa shape index (κ1) is 21.9. The fourth-order valence-corrected chi connectivity index (χ4v) is 5.02. The average molecular weight is 418 g/mol. The van der Waals surface area contributed by atoms with Crippen molar-refractivity contribution in [1.29, 1.82) is 0 Å². The van der Waals surface area contributed by atoms with Gasteiger partial charge in [0, 0.05) is 12.6 Å². The maximum atomic E-state index is 13.1. The molecule has 0 bridgehead atoms. The molecule has 0 aromatic heterocycles. The van der Waals surface area contributed by atoms with Crippen LogP contribution in [-0.2, 0) is 16.1 Å². The number of nitrogens with one attached hydrogen (secondary N) is 2. The number of ether oxygens (including phenoxy) is 2. The summed E-state index contributed by atoms with van der Waals surface area (Å²) in [4.78, 5) is 39.2. The van der Waals surface area contributed by atoms with Gasteiger partial charge in [0.2, 0.25) is 5.91 Å². The molecule has 164 valence electrons. The van der Waals surface area contributed by atoms with Crippen LogP contribution in [0.4, 0.5) is 4.79 Å². The molecule has 1 saturated heterocycles. The van der Waals surface area contributed by atoms with Crippen molar-refractivity contribution in [2.45, 2.75) is 52.1 Å². The van der Waals surface area contributed by atoms with Gasteiger partial charge >= 0.3 is 6.03 Å². The SMILES string of the molecule is COc1cc(CNC(=O)CN2C(=O)NC3(CC(C)CC(C)(C)C3)C2=O)cc(OC)c1. The molecular weight excluding hydrogens is 386 g/mol. The van der Waals surface area contributed by atoms with Crippen LogP contribution in [-0.4, -0.2) is 49.0 Å². The van der Waals surface area contributed by atoms with Gasteiger partial charge in [-0.25, -0.2) is 4.79 Å². The fraction of sp³-hybridized carbons (Fsp3) is 0.591. The van der Waals surface area contributed by atoms with E-state index in [1.807, 2.05) is 0 Å². The zero-order chi connectivity index (χ0) is 22.1. The molecule has 8 nitrogen and oxygen atoms in total. The summed E-state index contributed by atoms with van der Waals surface area (Å²) in [6.45, 7) is 6.25. The van der Waals surface area contributed by atoms with E-state index in [0.29, 0.717) is 30.3 Å². The van der Waals surface area contributed by atoms with Gasteiger partial charge in [-0.3, -0.25) is 14.5 Å². The molecule has 0 radical (unpaired) electrons. The lowest BCUT2D eigenvalue weighted by molar-refractivity contribution is -0.137. The summed E-state index contributed by atoms with van der Waals surface area (Å²) in [7, 11) is 3.11. The molecule has 1 aliphatic carbocycles. The maximum Gasteiger partial charge on any atom is 0.325 e. The van der Waals surface area contributed by atoms with Crippen LogP contribution in [0.1, 0.15) is 45.6 Å². The zero-order valence-electron chi connectivity index (χ0n) is 18.3. The molecule has 2 fully saturated rings. The van der Waals surface area contributed by atoms with Crippen LogP contribution >= 0.6 is 0 Å². The van der Waals surface area contributed by atoms with Crippen LogP contribution in [0.5, 0.6) is 11.5 Å². The van der Waals surface area contributed by atoms with Crippen molar-refractivity contribution in [3.8, 4) is 11.5 Å².